The average molecular weight is 426 g/mol. The molecular formula is C24H24ClNO4. The summed E-state index contributed by atoms with van der Waals surface area (Å²) in [6, 6.07) is 15.6. The van der Waals surface area contributed by atoms with Crippen LogP contribution in [0.5, 0.6) is 0 Å². The molecular weight excluding hydrogens is 402 g/mol. The van der Waals surface area contributed by atoms with Gasteiger partial charge >= 0.3 is 11.9 Å². The number of hydrogen-bond acceptors (Lipinski definition) is 5. The van der Waals surface area contributed by atoms with E-state index in [1.165, 1.54) is 5.56 Å². The molecule has 2 atom stereocenters. The molecule has 0 aliphatic carbocycles. The molecule has 3 aliphatic heterocycles. The lowest BCUT2D eigenvalue weighted by atomic mass is 9.65. The summed E-state index contributed by atoms with van der Waals surface area (Å²) in [7, 11) is 0. The zero-order valence-electron chi connectivity index (χ0n) is 17.1. The van der Waals surface area contributed by atoms with Crippen molar-refractivity contribution in [2.45, 2.75) is 50.9 Å². The van der Waals surface area contributed by atoms with Crippen LogP contribution in [0.4, 0.5) is 5.69 Å². The Morgan fingerprint density at radius 3 is 2.43 bits per heavy atom. The number of benzene rings is 2. The fourth-order valence-corrected chi connectivity index (χ4v) is 5.44. The van der Waals surface area contributed by atoms with Gasteiger partial charge in [-0.3, -0.25) is 9.59 Å². The molecule has 0 N–H and O–H groups in total. The molecule has 2 fully saturated rings. The van der Waals surface area contributed by atoms with Crippen LogP contribution in [0.2, 0.25) is 5.02 Å². The van der Waals surface area contributed by atoms with Gasteiger partial charge in [-0.1, -0.05) is 48.0 Å². The van der Waals surface area contributed by atoms with E-state index in [9.17, 15) is 9.59 Å². The highest BCUT2D eigenvalue weighted by molar-refractivity contribution is 6.30. The number of nitrogens with zero attached hydrogens (tertiary/aromatic N) is 1. The van der Waals surface area contributed by atoms with Gasteiger partial charge in [-0.2, -0.15) is 0 Å². The summed E-state index contributed by atoms with van der Waals surface area (Å²) >= 11 is 6.29. The first-order valence-corrected chi connectivity index (χ1v) is 10.7. The van der Waals surface area contributed by atoms with Crippen molar-refractivity contribution in [3.63, 3.8) is 0 Å². The van der Waals surface area contributed by atoms with Gasteiger partial charge in [0.2, 0.25) is 0 Å². The van der Waals surface area contributed by atoms with Gasteiger partial charge in [0.1, 0.15) is 0 Å². The van der Waals surface area contributed by atoms with Crippen molar-refractivity contribution in [3.05, 3.63) is 64.7 Å². The van der Waals surface area contributed by atoms with Crippen molar-refractivity contribution in [1.29, 1.82) is 0 Å². The van der Waals surface area contributed by atoms with Crippen molar-refractivity contribution in [3.8, 4) is 0 Å². The first-order valence-electron chi connectivity index (χ1n) is 10.4. The Labute approximate surface area is 180 Å². The Kier molecular flexibility index (Phi) is 4.37. The number of cyclic esters (lactones) is 2. The van der Waals surface area contributed by atoms with Gasteiger partial charge in [-0.05, 0) is 42.0 Å². The molecule has 2 aromatic carbocycles. The molecule has 0 amide bonds. The third-order valence-electron chi connectivity index (χ3n) is 6.67. The van der Waals surface area contributed by atoms with E-state index >= 15 is 0 Å². The minimum atomic E-state index is -1.37. The molecule has 2 aromatic rings. The van der Waals surface area contributed by atoms with E-state index < -0.39 is 23.1 Å². The Hall–Kier alpha value is -2.53. The average Bonchev–Trinajstić information content (AvgIpc) is 2.72. The molecule has 5 rings (SSSR count). The van der Waals surface area contributed by atoms with Crippen LogP contribution < -0.4 is 4.90 Å². The SMILES string of the molecule is CC1(C)OC(=O)C2(Cc3ccc(Cl)cc3N3CC[C@@H](c4ccccc4)C[C@H]32)C(=O)O1. The smallest absolute Gasteiger partial charge is 0.329 e. The zero-order valence-corrected chi connectivity index (χ0v) is 17.8. The zero-order chi connectivity index (χ0) is 21.1. The van der Waals surface area contributed by atoms with Crippen molar-refractivity contribution >= 4 is 29.2 Å². The minimum Gasteiger partial charge on any atom is -0.422 e. The predicted molar refractivity (Wildman–Crippen MR) is 113 cm³/mol. The number of fused-ring (bicyclic) bond motifs is 4. The van der Waals surface area contributed by atoms with E-state index in [2.05, 4.69) is 17.0 Å². The molecule has 6 heteroatoms. The number of anilines is 1. The lowest BCUT2D eigenvalue weighted by molar-refractivity contribution is -0.253. The van der Waals surface area contributed by atoms with E-state index in [1.807, 2.05) is 30.3 Å². The minimum absolute atomic E-state index is 0.251. The molecule has 3 heterocycles. The largest absolute Gasteiger partial charge is 0.422 e. The highest BCUT2D eigenvalue weighted by Crippen LogP contribution is 2.51. The molecule has 2 saturated heterocycles. The third kappa shape index (κ3) is 2.90. The second kappa shape index (κ2) is 6.74. The number of piperidine rings is 1. The number of esters is 2. The van der Waals surface area contributed by atoms with Crippen LogP contribution in [-0.2, 0) is 25.5 Å². The Morgan fingerprint density at radius 1 is 1.03 bits per heavy atom. The van der Waals surface area contributed by atoms with Gasteiger partial charge in [0, 0.05) is 37.5 Å². The van der Waals surface area contributed by atoms with E-state index in [0.29, 0.717) is 11.4 Å². The number of rotatable bonds is 1. The second-order valence-electron chi connectivity index (χ2n) is 8.94. The van der Waals surface area contributed by atoms with Crippen LogP contribution in [0.3, 0.4) is 0 Å². The number of carbonyl (C=O) groups is 2. The molecule has 0 saturated carbocycles. The predicted octanol–water partition coefficient (Wildman–Crippen LogP) is 4.47. The summed E-state index contributed by atoms with van der Waals surface area (Å²) < 4.78 is 11.3. The molecule has 0 radical (unpaired) electrons. The van der Waals surface area contributed by atoms with Crippen LogP contribution in [0, 0.1) is 5.41 Å². The topological polar surface area (TPSA) is 55.8 Å². The van der Waals surface area contributed by atoms with Gasteiger partial charge < -0.3 is 14.4 Å². The Bertz CT molecular complexity index is 999. The standard InChI is InChI=1S/C24H24ClNO4/c1-23(2)29-21(27)24(22(28)30-23)14-17-8-9-18(25)13-19(17)26-11-10-16(12-20(24)26)15-6-4-3-5-7-15/h3-9,13,16,20H,10-12,14H2,1-2H3/t16-,20+/m1/s1. The fraction of sp³-hybridized carbons (Fsp3) is 0.417. The van der Waals surface area contributed by atoms with Crippen LogP contribution >= 0.6 is 11.6 Å². The number of halogens is 1. The monoisotopic (exact) mass is 425 g/mol. The molecule has 0 aromatic heterocycles. The van der Waals surface area contributed by atoms with E-state index in [0.717, 1.165) is 24.2 Å². The van der Waals surface area contributed by atoms with Crippen LogP contribution in [0.15, 0.2) is 48.5 Å². The summed E-state index contributed by atoms with van der Waals surface area (Å²) in [5.74, 6) is -1.99. The maximum Gasteiger partial charge on any atom is 0.329 e. The lowest BCUT2D eigenvalue weighted by Gasteiger charge is -2.54. The van der Waals surface area contributed by atoms with E-state index in [4.69, 9.17) is 21.1 Å². The first kappa shape index (κ1) is 19.4. The van der Waals surface area contributed by atoms with Crippen LogP contribution in [0.25, 0.3) is 0 Å². The van der Waals surface area contributed by atoms with Crippen molar-refractivity contribution in [2.24, 2.45) is 5.41 Å². The Balaban J connectivity index is 1.62. The second-order valence-corrected chi connectivity index (χ2v) is 9.38. The summed E-state index contributed by atoms with van der Waals surface area (Å²) in [6.45, 7) is 3.92. The molecule has 0 unspecified atom stereocenters. The quantitative estimate of drug-likeness (QED) is 0.498. The highest BCUT2D eigenvalue weighted by atomic mass is 35.5. The molecule has 1 spiro atoms. The molecule has 3 aliphatic rings. The van der Waals surface area contributed by atoms with Gasteiger partial charge in [0.05, 0.1) is 6.04 Å². The lowest BCUT2D eigenvalue weighted by Crippen LogP contribution is -2.67. The molecule has 156 valence electrons. The van der Waals surface area contributed by atoms with Crippen molar-refractivity contribution in [1.82, 2.24) is 0 Å². The molecule has 30 heavy (non-hydrogen) atoms. The summed E-state index contributed by atoms with van der Waals surface area (Å²) in [6.07, 6.45) is 1.86. The highest BCUT2D eigenvalue weighted by Gasteiger charge is 2.64. The maximum absolute atomic E-state index is 13.4. The first-order chi connectivity index (χ1) is 14.3. The van der Waals surface area contributed by atoms with Gasteiger partial charge in [-0.25, -0.2) is 0 Å². The number of carbonyl (C=O) groups excluding carboxylic acids is 2. The molecule has 0 bridgehead atoms. The number of ether oxygens (including phenoxy) is 2. The van der Waals surface area contributed by atoms with Gasteiger partial charge in [-0.15, -0.1) is 0 Å². The fourth-order valence-electron chi connectivity index (χ4n) is 5.27. The van der Waals surface area contributed by atoms with Gasteiger partial charge in [0.15, 0.2) is 5.41 Å². The van der Waals surface area contributed by atoms with Crippen LogP contribution in [0.1, 0.15) is 43.7 Å². The maximum atomic E-state index is 13.4. The molecule has 5 nitrogen and oxygen atoms in total. The van der Waals surface area contributed by atoms with Gasteiger partial charge in [0.25, 0.3) is 5.79 Å². The summed E-state index contributed by atoms with van der Waals surface area (Å²) in [5.41, 5.74) is 1.77. The van der Waals surface area contributed by atoms with Crippen molar-refractivity contribution < 1.29 is 19.1 Å². The third-order valence-corrected chi connectivity index (χ3v) is 6.91. The number of hydrogen-bond donors (Lipinski definition) is 0. The normalized spacial score (nSPS) is 26.4. The summed E-state index contributed by atoms with van der Waals surface area (Å²) in [5, 5.41) is 0.642. The van der Waals surface area contributed by atoms with E-state index in [-0.39, 0.29) is 18.4 Å². The Morgan fingerprint density at radius 2 is 1.73 bits per heavy atom. The van der Waals surface area contributed by atoms with E-state index in [1.54, 1.807) is 19.9 Å². The van der Waals surface area contributed by atoms with Crippen LogP contribution in [-0.4, -0.2) is 30.3 Å². The summed E-state index contributed by atoms with van der Waals surface area (Å²) in [4.78, 5) is 29.0. The van der Waals surface area contributed by atoms with Crippen molar-refractivity contribution in [2.75, 3.05) is 11.4 Å².